The van der Waals surface area contributed by atoms with Crippen molar-refractivity contribution in [3.8, 4) is 0 Å². The van der Waals surface area contributed by atoms with E-state index in [9.17, 15) is 9.59 Å². The number of nitrogens with zero attached hydrogens (tertiary/aromatic N) is 1. The number of hydrogen-bond donors (Lipinski definition) is 0. The third-order valence-electron chi connectivity index (χ3n) is 5.49. The Morgan fingerprint density at radius 1 is 0.793 bits per heavy atom. The first-order valence-electron chi connectivity index (χ1n) is 9.66. The van der Waals surface area contributed by atoms with Gasteiger partial charge in [0.25, 0.3) is 11.8 Å². The first-order chi connectivity index (χ1) is 13.7. The normalized spacial score (nSPS) is 13.9. The summed E-state index contributed by atoms with van der Waals surface area (Å²) < 4.78 is 0.766. The van der Waals surface area contributed by atoms with E-state index >= 15 is 0 Å². The summed E-state index contributed by atoms with van der Waals surface area (Å²) in [5.41, 5.74) is 3.68. The molecule has 0 saturated heterocycles. The van der Waals surface area contributed by atoms with E-state index in [1.54, 1.807) is 18.2 Å². The van der Waals surface area contributed by atoms with Crippen LogP contribution in [0, 0.1) is 0 Å². The molecule has 1 heterocycles. The average molecular weight is 471 g/mol. The van der Waals surface area contributed by atoms with Crippen molar-refractivity contribution >= 4 is 55.8 Å². The molecule has 1 aliphatic rings. The predicted molar refractivity (Wildman–Crippen MR) is 122 cm³/mol. The Kier molecular flexibility index (Phi) is 5.04. The average Bonchev–Trinajstić information content (AvgIpc) is 2.67. The van der Waals surface area contributed by atoms with Crippen molar-refractivity contribution in [3.05, 3.63) is 74.2 Å². The highest BCUT2D eigenvalue weighted by molar-refractivity contribution is 9.10. The molecule has 0 fully saturated rings. The zero-order valence-electron chi connectivity index (χ0n) is 16.7. The van der Waals surface area contributed by atoms with Crippen LogP contribution in [0.15, 0.2) is 46.9 Å². The zero-order valence-corrected chi connectivity index (χ0v) is 19.1. The van der Waals surface area contributed by atoms with Crippen molar-refractivity contribution in [1.29, 1.82) is 0 Å². The summed E-state index contributed by atoms with van der Waals surface area (Å²) in [4.78, 5) is 28.6. The van der Waals surface area contributed by atoms with Crippen molar-refractivity contribution in [2.75, 3.05) is 4.90 Å². The Balaban J connectivity index is 2.05. The van der Waals surface area contributed by atoms with Gasteiger partial charge in [-0.1, -0.05) is 73.4 Å². The molecule has 5 heteroatoms. The highest BCUT2D eigenvalue weighted by Gasteiger charge is 2.37. The lowest BCUT2D eigenvalue weighted by Crippen LogP contribution is -2.41. The van der Waals surface area contributed by atoms with E-state index in [0.29, 0.717) is 32.6 Å². The Hall–Kier alpha value is -2.17. The molecule has 0 aromatic heterocycles. The van der Waals surface area contributed by atoms with Crippen LogP contribution < -0.4 is 4.90 Å². The zero-order chi connectivity index (χ0) is 21.0. The monoisotopic (exact) mass is 469 g/mol. The summed E-state index contributed by atoms with van der Waals surface area (Å²) in [5.74, 6) is -0.281. The minimum Gasteiger partial charge on any atom is -0.268 e. The predicted octanol–water partition coefficient (Wildman–Crippen LogP) is 7.30. The Morgan fingerprint density at radius 2 is 1.31 bits per heavy atom. The quantitative estimate of drug-likeness (QED) is 0.376. The molecular weight excluding hydrogens is 450 g/mol. The van der Waals surface area contributed by atoms with Crippen LogP contribution in [0.2, 0.25) is 5.02 Å². The molecule has 0 bridgehead atoms. The van der Waals surface area contributed by atoms with Crippen molar-refractivity contribution in [3.63, 3.8) is 0 Å². The Labute approximate surface area is 183 Å². The molecule has 3 nitrogen and oxygen atoms in total. The molecule has 1 aliphatic heterocycles. The summed E-state index contributed by atoms with van der Waals surface area (Å²) in [6.45, 7) is 8.31. The highest BCUT2D eigenvalue weighted by Crippen LogP contribution is 2.43. The molecule has 3 aromatic carbocycles. The van der Waals surface area contributed by atoms with Crippen LogP contribution >= 0.6 is 27.5 Å². The fourth-order valence-corrected chi connectivity index (χ4v) is 4.99. The van der Waals surface area contributed by atoms with Crippen LogP contribution in [0.1, 0.15) is 71.4 Å². The Morgan fingerprint density at radius 3 is 1.83 bits per heavy atom. The standard InChI is InChI=1S/C24H21BrClNO2/c1-12(2)14-6-5-7-15(13(3)4)22(14)27-23(28)16-8-10-18(25)21-19(26)11-9-17(20(16)21)24(27)29/h5-13H,1-4H3. The van der Waals surface area contributed by atoms with Crippen LogP contribution in [0.4, 0.5) is 5.69 Å². The number of imide groups is 1. The van der Waals surface area contributed by atoms with Gasteiger partial charge < -0.3 is 0 Å². The first kappa shape index (κ1) is 20.1. The van der Waals surface area contributed by atoms with Crippen molar-refractivity contribution in [1.82, 2.24) is 0 Å². The summed E-state index contributed by atoms with van der Waals surface area (Å²) in [6.07, 6.45) is 0. The topological polar surface area (TPSA) is 37.4 Å². The minimum atomic E-state index is -0.308. The van der Waals surface area contributed by atoms with Crippen molar-refractivity contribution in [2.24, 2.45) is 0 Å². The van der Waals surface area contributed by atoms with Gasteiger partial charge in [-0.3, -0.25) is 9.59 Å². The summed E-state index contributed by atoms with van der Waals surface area (Å²) >= 11 is 9.91. The maximum absolute atomic E-state index is 13.6. The van der Waals surface area contributed by atoms with Gasteiger partial charge in [0.2, 0.25) is 0 Å². The van der Waals surface area contributed by atoms with E-state index in [4.69, 9.17) is 11.6 Å². The number of carbonyl (C=O) groups excluding carboxylic acids is 2. The molecule has 4 rings (SSSR count). The van der Waals surface area contributed by atoms with Crippen molar-refractivity contribution < 1.29 is 9.59 Å². The lowest BCUT2D eigenvalue weighted by atomic mass is 9.88. The van der Waals surface area contributed by atoms with Crippen LogP contribution in [0.3, 0.4) is 0 Å². The third-order valence-corrected chi connectivity index (χ3v) is 6.47. The number of benzene rings is 3. The highest BCUT2D eigenvalue weighted by atomic mass is 79.9. The van der Waals surface area contributed by atoms with E-state index < -0.39 is 0 Å². The smallest absolute Gasteiger partial charge is 0.266 e. The van der Waals surface area contributed by atoms with E-state index in [-0.39, 0.29) is 23.7 Å². The molecule has 0 radical (unpaired) electrons. The number of halogens is 2. The second-order valence-corrected chi connectivity index (χ2v) is 9.24. The van der Waals surface area contributed by atoms with E-state index in [1.807, 2.05) is 24.3 Å². The van der Waals surface area contributed by atoms with Crippen LogP contribution in [-0.2, 0) is 0 Å². The molecule has 0 spiro atoms. The molecule has 148 valence electrons. The van der Waals surface area contributed by atoms with Gasteiger partial charge in [0.1, 0.15) is 0 Å². The van der Waals surface area contributed by atoms with Gasteiger partial charge in [0, 0.05) is 31.4 Å². The second kappa shape index (κ2) is 7.26. The van der Waals surface area contributed by atoms with E-state index in [0.717, 1.165) is 15.6 Å². The number of hydrogen-bond acceptors (Lipinski definition) is 2. The van der Waals surface area contributed by atoms with Gasteiger partial charge in [-0.2, -0.15) is 0 Å². The van der Waals surface area contributed by atoms with Gasteiger partial charge in [0.15, 0.2) is 0 Å². The largest absolute Gasteiger partial charge is 0.268 e. The van der Waals surface area contributed by atoms with Gasteiger partial charge >= 0.3 is 0 Å². The summed E-state index contributed by atoms with van der Waals surface area (Å²) in [6, 6.07) is 13.0. The molecule has 0 aliphatic carbocycles. The molecule has 2 amide bonds. The van der Waals surface area contributed by atoms with E-state index in [2.05, 4.69) is 43.6 Å². The molecule has 29 heavy (non-hydrogen) atoms. The van der Waals surface area contributed by atoms with Crippen molar-refractivity contribution in [2.45, 2.75) is 39.5 Å². The van der Waals surface area contributed by atoms with Gasteiger partial charge in [-0.15, -0.1) is 0 Å². The molecule has 0 unspecified atom stereocenters. The fraction of sp³-hybridized carbons (Fsp3) is 0.250. The molecular formula is C24H21BrClNO2. The number of carbonyl (C=O) groups is 2. The number of para-hydroxylation sites is 1. The van der Waals surface area contributed by atoms with Crippen LogP contribution in [0.25, 0.3) is 10.8 Å². The maximum atomic E-state index is 13.6. The van der Waals surface area contributed by atoms with E-state index in [1.165, 1.54) is 4.90 Å². The third kappa shape index (κ3) is 3.01. The first-order valence-corrected chi connectivity index (χ1v) is 10.8. The molecule has 0 N–H and O–H groups in total. The number of amides is 2. The number of rotatable bonds is 3. The van der Waals surface area contributed by atoms with Gasteiger partial charge in [-0.25, -0.2) is 4.90 Å². The Bertz CT molecular complexity index is 1100. The molecule has 0 atom stereocenters. The fourth-order valence-electron chi connectivity index (χ4n) is 4.08. The van der Waals surface area contributed by atoms with Crippen LogP contribution in [0.5, 0.6) is 0 Å². The second-order valence-electron chi connectivity index (χ2n) is 7.98. The summed E-state index contributed by atoms with van der Waals surface area (Å²) in [7, 11) is 0. The van der Waals surface area contributed by atoms with Gasteiger partial charge in [-0.05, 0) is 47.2 Å². The van der Waals surface area contributed by atoms with Gasteiger partial charge in [0.05, 0.1) is 5.69 Å². The summed E-state index contributed by atoms with van der Waals surface area (Å²) in [5, 5.41) is 1.83. The lowest BCUT2D eigenvalue weighted by Gasteiger charge is -2.32. The molecule has 3 aromatic rings. The molecule has 0 saturated carbocycles. The SMILES string of the molecule is CC(C)c1cccc(C(C)C)c1N1C(=O)c2ccc(Cl)c3c(Br)ccc(c23)C1=O. The number of anilines is 1. The maximum Gasteiger partial charge on any atom is 0.266 e. The van der Waals surface area contributed by atoms with Crippen LogP contribution in [-0.4, -0.2) is 11.8 Å². The minimum absolute atomic E-state index is 0.167. The lowest BCUT2D eigenvalue weighted by molar-refractivity contribution is 0.0893.